The number of fused-ring (bicyclic) bond motifs is 6. The average molecular weight is 770 g/mol. The number of halogens is 1. The SMILES string of the molecule is C[C@H]1C2CC3CC(C2)C2(c4ccc(N(c5ccc(-c6ccccc6)cc5)c5cccc6c5-c5ccccc5C65C6CC7CC(C6)CC5C7)cc4-c4ccc(F)cc42)C1C3. The fraction of sp³-hybridized carbons (Fsp3) is 0.368. The van der Waals surface area contributed by atoms with Crippen molar-refractivity contribution in [3.8, 4) is 33.4 Å². The topological polar surface area (TPSA) is 3.24 Å². The molecule has 0 saturated heterocycles. The van der Waals surface area contributed by atoms with Gasteiger partial charge in [-0.05, 0) is 204 Å². The fourth-order valence-electron chi connectivity index (χ4n) is 16.8. The second-order valence-corrected chi connectivity index (χ2v) is 20.7. The number of hydrogen-bond donors (Lipinski definition) is 0. The predicted octanol–water partition coefficient (Wildman–Crippen LogP) is 14.7. The third-order valence-corrected chi connectivity index (χ3v) is 18.5. The average Bonchev–Trinajstić information content (AvgIpc) is 3.71. The molecule has 0 radical (unpaired) electrons. The Hall–Kier alpha value is -4.95. The quantitative estimate of drug-likeness (QED) is 0.173. The first-order valence-corrected chi connectivity index (χ1v) is 23.1. The zero-order chi connectivity index (χ0) is 38.8. The van der Waals surface area contributed by atoms with Crippen LogP contribution in [0.15, 0.2) is 133 Å². The van der Waals surface area contributed by atoms with Crippen LogP contribution in [0.1, 0.15) is 87.0 Å². The van der Waals surface area contributed by atoms with Gasteiger partial charge in [-0.2, -0.15) is 0 Å². The second kappa shape index (κ2) is 11.9. The van der Waals surface area contributed by atoms with Crippen LogP contribution < -0.4 is 4.90 Å². The molecule has 8 saturated carbocycles. The minimum atomic E-state index is -0.0981. The van der Waals surface area contributed by atoms with Crippen molar-refractivity contribution < 1.29 is 4.39 Å². The Balaban J connectivity index is 0.992. The normalized spacial score (nSPS) is 34.3. The van der Waals surface area contributed by atoms with Crippen molar-refractivity contribution in [3.63, 3.8) is 0 Å². The summed E-state index contributed by atoms with van der Waals surface area (Å²) in [6.07, 6.45) is 12.2. The van der Waals surface area contributed by atoms with Gasteiger partial charge in [0.1, 0.15) is 5.82 Å². The third kappa shape index (κ3) is 4.26. The van der Waals surface area contributed by atoms with Crippen molar-refractivity contribution in [2.24, 2.45) is 53.3 Å². The molecule has 2 heteroatoms. The molecule has 6 atom stereocenters. The summed E-state index contributed by atoms with van der Waals surface area (Å²) in [5, 5.41) is 0. The van der Waals surface area contributed by atoms with Crippen molar-refractivity contribution in [2.75, 3.05) is 4.90 Å². The first kappa shape index (κ1) is 33.8. The molecule has 0 amide bonds. The molecule has 16 rings (SSSR count). The first-order valence-electron chi connectivity index (χ1n) is 23.1. The molecule has 8 bridgehead atoms. The van der Waals surface area contributed by atoms with Crippen LogP contribution in [0.25, 0.3) is 33.4 Å². The van der Waals surface area contributed by atoms with Gasteiger partial charge in [-0.1, -0.05) is 97.9 Å². The molecule has 10 aliphatic rings. The Labute approximate surface area is 348 Å². The van der Waals surface area contributed by atoms with Gasteiger partial charge in [0.15, 0.2) is 0 Å². The highest BCUT2D eigenvalue weighted by Crippen LogP contribution is 2.72. The lowest BCUT2D eigenvalue weighted by Crippen LogP contribution is -2.58. The zero-order valence-electron chi connectivity index (χ0n) is 34.1. The van der Waals surface area contributed by atoms with Crippen LogP contribution in [0.4, 0.5) is 21.5 Å². The Bertz CT molecular complexity index is 2680. The molecule has 6 aromatic rings. The number of rotatable bonds is 4. The van der Waals surface area contributed by atoms with E-state index in [1.807, 2.05) is 6.07 Å². The van der Waals surface area contributed by atoms with Crippen LogP contribution in [-0.4, -0.2) is 0 Å². The maximum absolute atomic E-state index is 15.6. The number of nitrogens with zero attached hydrogens (tertiary/aromatic N) is 1. The molecule has 2 spiro atoms. The number of benzene rings is 6. The van der Waals surface area contributed by atoms with E-state index in [9.17, 15) is 0 Å². The van der Waals surface area contributed by atoms with Gasteiger partial charge < -0.3 is 4.90 Å². The van der Waals surface area contributed by atoms with E-state index in [0.717, 1.165) is 23.7 Å². The molecular weight excluding hydrogens is 718 g/mol. The third-order valence-electron chi connectivity index (χ3n) is 18.5. The van der Waals surface area contributed by atoms with Gasteiger partial charge in [-0.25, -0.2) is 4.39 Å². The van der Waals surface area contributed by atoms with Gasteiger partial charge in [-0.3, -0.25) is 0 Å². The summed E-state index contributed by atoms with van der Waals surface area (Å²) in [5.41, 5.74) is 17.5. The van der Waals surface area contributed by atoms with E-state index in [4.69, 9.17) is 0 Å². The van der Waals surface area contributed by atoms with Crippen molar-refractivity contribution in [1.29, 1.82) is 0 Å². The number of hydrogen-bond acceptors (Lipinski definition) is 1. The van der Waals surface area contributed by atoms with Gasteiger partial charge in [0.2, 0.25) is 0 Å². The summed E-state index contributed by atoms with van der Waals surface area (Å²) >= 11 is 0. The molecule has 0 aliphatic heterocycles. The van der Waals surface area contributed by atoms with Crippen LogP contribution in [0, 0.1) is 59.1 Å². The zero-order valence-corrected chi connectivity index (χ0v) is 34.1. The minimum absolute atomic E-state index is 0.0880. The molecule has 1 nitrogen and oxygen atoms in total. The Morgan fingerprint density at radius 3 is 1.93 bits per heavy atom. The largest absolute Gasteiger partial charge is 0.310 e. The van der Waals surface area contributed by atoms with Crippen LogP contribution in [0.3, 0.4) is 0 Å². The molecule has 0 heterocycles. The standard InChI is InChI=1S/C57H52FN/c1-33-39-23-36-28-42(30-39)57(52(33)29-36)50-21-19-45(32-48(50)46-20-16-43(58)31-53(46)57)59(44-17-14-38(15-18-44)37-8-3-2-4-9-37)54-13-7-12-51-55(54)47-10-5-6-11-49(47)56(51)40-24-34-22-35(26-40)27-41(56)25-34/h2-21,31-36,39-42,52H,22-30H2,1H3/t33-,34?,35?,36?,39?,40?,41?,42?,52?,56?,57?/m0/s1. The van der Waals surface area contributed by atoms with Crippen LogP contribution in [0.5, 0.6) is 0 Å². The lowest BCUT2D eigenvalue weighted by atomic mass is 9.40. The van der Waals surface area contributed by atoms with Crippen molar-refractivity contribution >= 4 is 17.1 Å². The van der Waals surface area contributed by atoms with E-state index in [-0.39, 0.29) is 16.6 Å². The van der Waals surface area contributed by atoms with E-state index in [1.54, 1.807) is 17.2 Å². The van der Waals surface area contributed by atoms with Crippen LogP contribution in [-0.2, 0) is 10.8 Å². The molecule has 5 unspecified atom stereocenters. The molecule has 10 aliphatic carbocycles. The van der Waals surface area contributed by atoms with Crippen molar-refractivity contribution in [2.45, 2.75) is 75.5 Å². The molecule has 59 heavy (non-hydrogen) atoms. The maximum atomic E-state index is 15.6. The van der Waals surface area contributed by atoms with Crippen molar-refractivity contribution in [3.05, 3.63) is 162 Å². The molecular formula is C57H52FN. The van der Waals surface area contributed by atoms with Crippen LogP contribution in [0.2, 0.25) is 0 Å². The summed E-state index contributed by atoms with van der Waals surface area (Å²) in [6, 6.07) is 50.2. The summed E-state index contributed by atoms with van der Waals surface area (Å²) in [7, 11) is 0. The van der Waals surface area contributed by atoms with Gasteiger partial charge in [0, 0.05) is 27.8 Å². The molecule has 6 aromatic carbocycles. The van der Waals surface area contributed by atoms with Gasteiger partial charge in [0.25, 0.3) is 0 Å². The molecule has 292 valence electrons. The van der Waals surface area contributed by atoms with Gasteiger partial charge in [-0.15, -0.1) is 0 Å². The lowest BCUT2D eigenvalue weighted by molar-refractivity contribution is -0.0817. The van der Waals surface area contributed by atoms with E-state index in [1.165, 1.54) is 119 Å². The second-order valence-electron chi connectivity index (χ2n) is 20.7. The Kier molecular flexibility index (Phi) is 6.81. The first-order chi connectivity index (χ1) is 29.0. The summed E-state index contributed by atoms with van der Waals surface area (Å²) in [5.74, 6) is 6.62. The Morgan fingerprint density at radius 2 is 1.14 bits per heavy atom. The summed E-state index contributed by atoms with van der Waals surface area (Å²) < 4.78 is 15.6. The van der Waals surface area contributed by atoms with E-state index >= 15 is 4.39 Å². The summed E-state index contributed by atoms with van der Waals surface area (Å²) in [4.78, 5) is 2.59. The molecule has 8 fully saturated rings. The Morgan fingerprint density at radius 1 is 0.475 bits per heavy atom. The fourth-order valence-corrected chi connectivity index (χ4v) is 16.8. The number of anilines is 3. The highest BCUT2D eigenvalue weighted by atomic mass is 19.1. The van der Waals surface area contributed by atoms with Gasteiger partial charge >= 0.3 is 0 Å². The van der Waals surface area contributed by atoms with Gasteiger partial charge in [0.05, 0.1) is 5.69 Å². The molecule has 0 aromatic heterocycles. The van der Waals surface area contributed by atoms with Crippen LogP contribution >= 0.6 is 0 Å². The predicted molar refractivity (Wildman–Crippen MR) is 238 cm³/mol. The van der Waals surface area contributed by atoms with Crippen molar-refractivity contribution in [1.82, 2.24) is 0 Å². The van der Waals surface area contributed by atoms with E-state index in [0.29, 0.717) is 29.6 Å². The lowest BCUT2D eigenvalue weighted by Gasteiger charge is -2.63. The van der Waals surface area contributed by atoms with E-state index < -0.39 is 0 Å². The smallest absolute Gasteiger partial charge is 0.123 e. The minimum Gasteiger partial charge on any atom is -0.310 e. The summed E-state index contributed by atoms with van der Waals surface area (Å²) in [6.45, 7) is 2.53. The maximum Gasteiger partial charge on any atom is 0.123 e. The molecule has 0 N–H and O–H groups in total. The monoisotopic (exact) mass is 769 g/mol. The van der Waals surface area contributed by atoms with E-state index in [2.05, 4.69) is 133 Å². The highest BCUT2D eigenvalue weighted by molar-refractivity contribution is 5.97. The highest BCUT2D eigenvalue weighted by Gasteiger charge is 2.65.